The molecule has 1 nitrogen and oxygen atoms in total. The van der Waals surface area contributed by atoms with Gasteiger partial charge in [0.1, 0.15) is 5.78 Å². The number of allylic oxidation sites excluding steroid dienone is 2. The molecule has 0 aliphatic heterocycles. The van der Waals surface area contributed by atoms with Gasteiger partial charge in [-0.1, -0.05) is 11.1 Å². The van der Waals surface area contributed by atoms with E-state index in [0.717, 1.165) is 12.8 Å². The first-order valence-electron chi connectivity index (χ1n) is 5.37. The molecule has 0 saturated heterocycles. The van der Waals surface area contributed by atoms with Crippen LogP contribution in [0.15, 0.2) is 11.1 Å². The molecule has 1 heteroatoms. The first kappa shape index (κ1) is 8.98. The molecule has 0 aromatic heterocycles. The quantitative estimate of drug-likeness (QED) is 0.520. The number of carbonyl (C=O) groups excluding carboxylic acids is 1. The molecule has 0 fully saturated rings. The van der Waals surface area contributed by atoms with Crippen LogP contribution in [-0.2, 0) is 4.79 Å². The number of ketones is 1. The van der Waals surface area contributed by atoms with Crippen LogP contribution in [0.4, 0.5) is 0 Å². The highest BCUT2D eigenvalue weighted by Gasteiger charge is 2.37. The SMILES string of the molecule is CC1(C)C(=O)CCC2=C1CCCC2. The Bertz CT molecular complexity index is 271. The molecule has 0 atom stereocenters. The third-order valence-electron chi connectivity index (χ3n) is 3.69. The van der Waals surface area contributed by atoms with Crippen LogP contribution in [0.2, 0.25) is 0 Å². The smallest absolute Gasteiger partial charge is 0.142 e. The van der Waals surface area contributed by atoms with Gasteiger partial charge in [-0.2, -0.15) is 0 Å². The molecule has 0 amide bonds. The lowest BCUT2D eigenvalue weighted by atomic mass is 9.67. The first-order chi connectivity index (χ1) is 6.12. The van der Waals surface area contributed by atoms with E-state index in [0.29, 0.717) is 5.78 Å². The summed E-state index contributed by atoms with van der Waals surface area (Å²) in [5.74, 6) is 0.452. The summed E-state index contributed by atoms with van der Waals surface area (Å²) < 4.78 is 0. The second-order valence-corrected chi connectivity index (χ2v) is 4.84. The molecular formula is C12H18O. The molecule has 2 rings (SSSR count). The van der Waals surface area contributed by atoms with Crippen molar-refractivity contribution in [2.24, 2.45) is 5.41 Å². The number of carbonyl (C=O) groups is 1. The molecule has 0 aromatic rings. The Kier molecular flexibility index (Phi) is 2.05. The van der Waals surface area contributed by atoms with Gasteiger partial charge in [-0.25, -0.2) is 0 Å². The average Bonchev–Trinajstić information content (AvgIpc) is 2.13. The van der Waals surface area contributed by atoms with Crippen molar-refractivity contribution in [3.63, 3.8) is 0 Å². The molecule has 0 unspecified atom stereocenters. The Balaban J connectivity index is 2.39. The van der Waals surface area contributed by atoms with Crippen molar-refractivity contribution in [2.45, 2.75) is 52.4 Å². The molecule has 72 valence electrons. The fourth-order valence-electron chi connectivity index (χ4n) is 2.74. The van der Waals surface area contributed by atoms with Crippen LogP contribution in [0.5, 0.6) is 0 Å². The van der Waals surface area contributed by atoms with Gasteiger partial charge >= 0.3 is 0 Å². The molecule has 0 heterocycles. The van der Waals surface area contributed by atoms with Gasteiger partial charge in [0.05, 0.1) is 0 Å². The number of Topliss-reactive ketones (excluding diaryl/α,β-unsaturated/α-hetero) is 1. The minimum atomic E-state index is -0.131. The van der Waals surface area contributed by atoms with Gasteiger partial charge < -0.3 is 0 Å². The predicted octanol–water partition coefficient (Wildman–Crippen LogP) is 3.25. The Morgan fingerprint density at radius 3 is 2.46 bits per heavy atom. The average molecular weight is 178 g/mol. The van der Waals surface area contributed by atoms with Crippen LogP contribution in [-0.4, -0.2) is 5.78 Å². The maximum Gasteiger partial charge on any atom is 0.142 e. The highest BCUT2D eigenvalue weighted by molar-refractivity contribution is 5.88. The molecule has 13 heavy (non-hydrogen) atoms. The lowest BCUT2D eigenvalue weighted by Crippen LogP contribution is -2.32. The van der Waals surface area contributed by atoms with Crippen molar-refractivity contribution in [1.82, 2.24) is 0 Å². The summed E-state index contributed by atoms with van der Waals surface area (Å²) in [6, 6.07) is 0. The highest BCUT2D eigenvalue weighted by atomic mass is 16.1. The highest BCUT2D eigenvalue weighted by Crippen LogP contribution is 2.44. The van der Waals surface area contributed by atoms with Gasteiger partial charge in [-0.05, 0) is 46.0 Å². The van der Waals surface area contributed by atoms with E-state index in [-0.39, 0.29) is 5.41 Å². The zero-order chi connectivity index (χ0) is 9.47. The van der Waals surface area contributed by atoms with Gasteiger partial charge in [0.25, 0.3) is 0 Å². The van der Waals surface area contributed by atoms with E-state index in [9.17, 15) is 4.79 Å². The molecule has 0 spiro atoms. The molecule has 2 aliphatic rings. The summed E-state index contributed by atoms with van der Waals surface area (Å²) in [4.78, 5) is 11.7. The van der Waals surface area contributed by atoms with Gasteiger partial charge in [-0.15, -0.1) is 0 Å². The fourth-order valence-corrected chi connectivity index (χ4v) is 2.74. The van der Waals surface area contributed by atoms with E-state index in [2.05, 4.69) is 13.8 Å². The fraction of sp³-hybridized carbons (Fsp3) is 0.750. The topological polar surface area (TPSA) is 17.1 Å². The summed E-state index contributed by atoms with van der Waals surface area (Å²) in [6.07, 6.45) is 6.89. The van der Waals surface area contributed by atoms with Crippen molar-refractivity contribution in [2.75, 3.05) is 0 Å². The molecular weight excluding hydrogens is 160 g/mol. The molecule has 0 radical (unpaired) electrons. The maximum atomic E-state index is 11.7. The molecule has 0 aromatic carbocycles. The van der Waals surface area contributed by atoms with Crippen molar-refractivity contribution >= 4 is 5.78 Å². The second-order valence-electron chi connectivity index (χ2n) is 4.84. The van der Waals surface area contributed by atoms with Crippen molar-refractivity contribution in [1.29, 1.82) is 0 Å². The normalized spacial score (nSPS) is 27.4. The third-order valence-corrected chi connectivity index (χ3v) is 3.69. The second kappa shape index (κ2) is 2.97. The summed E-state index contributed by atoms with van der Waals surface area (Å²) in [6.45, 7) is 4.21. The summed E-state index contributed by atoms with van der Waals surface area (Å²) >= 11 is 0. The van der Waals surface area contributed by atoms with Crippen LogP contribution in [0.3, 0.4) is 0 Å². The van der Waals surface area contributed by atoms with Crippen molar-refractivity contribution in [3.05, 3.63) is 11.1 Å². The van der Waals surface area contributed by atoms with Crippen LogP contribution < -0.4 is 0 Å². The number of hydrogen-bond acceptors (Lipinski definition) is 1. The van der Waals surface area contributed by atoms with Crippen LogP contribution in [0.1, 0.15) is 52.4 Å². The maximum absolute atomic E-state index is 11.7. The van der Waals surface area contributed by atoms with Gasteiger partial charge in [0.2, 0.25) is 0 Å². The Labute approximate surface area is 80.2 Å². The van der Waals surface area contributed by atoms with Crippen LogP contribution in [0, 0.1) is 5.41 Å². The zero-order valence-corrected chi connectivity index (χ0v) is 8.65. The van der Waals surface area contributed by atoms with Gasteiger partial charge in [-0.3, -0.25) is 4.79 Å². The lowest BCUT2D eigenvalue weighted by Gasteiger charge is -2.36. The summed E-state index contributed by atoms with van der Waals surface area (Å²) in [5.41, 5.74) is 2.96. The molecule has 0 saturated carbocycles. The van der Waals surface area contributed by atoms with E-state index in [1.165, 1.54) is 31.3 Å². The van der Waals surface area contributed by atoms with E-state index in [1.807, 2.05) is 0 Å². The Morgan fingerprint density at radius 2 is 1.69 bits per heavy atom. The standard InChI is InChI=1S/C12H18O/c1-12(2)10-6-4-3-5-9(10)7-8-11(12)13/h3-8H2,1-2H3. The predicted molar refractivity (Wildman–Crippen MR) is 53.5 cm³/mol. The van der Waals surface area contributed by atoms with Crippen LogP contribution in [0.25, 0.3) is 0 Å². The van der Waals surface area contributed by atoms with E-state index in [1.54, 1.807) is 5.57 Å². The minimum Gasteiger partial charge on any atom is -0.299 e. The van der Waals surface area contributed by atoms with Gasteiger partial charge in [0.15, 0.2) is 0 Å². The number of rotatable bonds is 0. The molecule has 0 bridgehead atoms. The Morgan fingerprint density at radius 1 is 1.00 bits per heavy atom. The lowest BCUT2D eigenvalue weighted by molar-refractivity contribution is -0.126. The Hall–Kier alpha value is -0.590. The van der Waals surface area contributed by atoms with Gasteiger partial charge in [0, 0.05) is 11.8 Å². The largest absolute Gasteiger partial charge is 0.299 e. The summed E-state index contributed by atoms with van der Waals surface area (Å²) in [5, 5.41) is 0. The molecule has 0 N–H and O–H groups in total. The summed E-state index contributed by atoms with van der Waals surface area (Å²) in [7, 11) is 0. The van der Waals surface area contributed by atoms with Crippen LogP contribution >= 0.6 is 0 Å². The molecule has 2 aliphatic carbocycles. The zero-order valence-electron chi connectivity index (χ0n) is 8.65. The van der Waals surface area contributed by atoms with E-state index in [4.69, 9.17) is 0 Å². The first-order valence-corrected chi connectivity index (χ1v) is 5.37. The minimum absolute atomic E-state index is 0.131. The van der Waals surface area contributed by atoms with Crippen molar-refractivity contribution < 1.29 is 4.79 Å². The third kappa shape index (κ3) is 1.34. The van der Waals surface area contributed by atoms with Crippen molar-refractivity contribution in [3.8, 4) is 0 Å². The monoisotopic (exact) mass is 178 g/mol. The van der Waals surface area contributed by atoms with E-state index >= 15 is 0 Å². The number of hydrogen-bond donors (Lipinski definition) is 0. The van der Waals surface area contributed by atoms with E-state index < -0.39 is 0 Å².